The van der Waals surface area contributed by atoms with Crippen molar-refractivity contribution >= 4 is 17.5 Å². The van der Waals surface area contributed by atoms with Crippen molar-refractivity contribution in [1.82, 2.24) is 14.9 Å². The number of hydrogen-bond acceptors (Lipinski definition) is 4. The van der Waals surface area contributed by atoms with E-state index in [1.807, 2.05) is 42.5 Å². The maximum atomic E-state index is 12.6. The molecule has 0 radical (unpaired) electrons. The molecule has 5 heteroatoms. The molecule has 1 aromatic heterocycles. The Bertz CT molecular complexity index is 914. The van der Waals surface area contributed by atoms with Gasteiger partial charge in [0.25, 0.3) is 5.91 Å². The molecule has 3 rings (SSSR count). The first-order valence-electron chi connectivity index (χ1n) is 9.32. The summed E-state index contributed by atoms with van der Waals surface area (Å²) in [4.78, 5) is 22.8. The molecule has 0 spiro atoms. The maximum Gasteiger partial charge on any atom is 0.257 e. The molecule has 0 saturated carbocycles. The molecule has 0 aliphatic carbocycles. The first-order valence-corrected chi connectivity index (χ1v) is 9.32. The zero-order valence-corrected chi connectivity index (χ0v) is 16.8. The average Bonchev–Trinajstić information content (AvgIpc) is 2.68. The monoisotopic (exact) mass is 374 g/mol. The van der Waals surface area contributed by atoms with Crippen molar-refractivity contribution in [3.05, 3.63) is 83.7 Å². The van der Waals surface area contributed by atoms with Crippen molar-refractivity contribution in [1.29, 1.82) is 0 Å². The Labute approximate surface area is 166 Å². The summed E-state index contributed by atoms with van der Waals surface area (Å²) in [6, 6.07) is 18.1. The number of carbonyl (C=O) groups is 1. The van der Waals surface area contributed by atoms with E-state index in [1.165, 1.54) is 5.56 Å². The Balaban J connectivity index is 1.63. The van der Waals surface area contributed by atoms with Gasteiger partial charge in [0.15, 0.2) is 0 Å². The highest BCUT2D eigenvalue weighted by atomic mass is 16.2. The number of amides is 1. The minimum atomic E-state index is -0.107. The first kappa shape index (κ1) is 19.5. The van der Waals surface area contributed by atoms with Gasteiger partial charge >= 0.3 is 0 Å². The number of hydrogen-bond donors (Lipinski definition) is 1. The third-order valence-corrected chi connectivity index (χ3v) is 4.52. The topological polar surface area (TPSA) is 58.1 Å². The second kappa shape index (κ2) is 8.21. The highest BCUT2D eigenvalue weighted by molar-refractivity contribution is 5.93. The summed E-state index contributed by atoms with van der Waals surface area (Å²) in [7, 11) is 1.78. The molecule has 0 fully saturated rings. The average molecular weight is 374 g/mol. The largest absolute Gasteiger partial charge is 0.337 e. The van der Waals surface area contributed by atoms with Crippen molar-refractivity contribution in [2.75, 3.05) is 12.4 Å². The van der Waals surface area contributed by atoms with Crippen molar-refractivity contribution in [3.8, 4) is 0 Å². The SMILES string of the molecule is CN(Cc1ccccc1)C(=O)c1cnc(Nc2ccc(C(C)(C)C)cc2)nc1. The number of nitrogens with zero attached hydrogens (tertiary/aromatic N) is 3. The fraction of sp³-hybridized carbons (Fsp3) is 0.261. The minimum absolute atomic E-state index is 0.107. The maximum absolute atomic E-state index is 12.6. The van der Waals surface area contributed by atoms with E-state index in [-0.39, 0.29) is 11.3 Å². The number of anilines is 2. The predicted molar refractivity (Wildman–Crippen MR) is 113 cm³/mol. The normalized spacial score (nSPS) is 11.1. The number of rotatable bonds is 5. The molecule has 0 aliphatic heterocycles. The van der Waals surface area contributed by atoms with Crippen LogP contribution in [0.5, 0.6) is 0 Å². The highest BCUT2D eigenvalue weighted by Gasteiger charge is 2.14. The van der Waals surface area contributed by atoms with E-state index < -0.39 is 0 Å². The third-order valence-electron chi connectivity index (χ3n) is 4.52. The fourth-order valence-electron chi connectivity index (χ4n) is 2.84. The van der Waals surface area contributed by atoms with Crippen LogP contribution in [-0.2, 0) is 12.0 Å². The zero-order valence-electron chi connectivity index (χ0n) is 16.8. The van der Waals surface area contributed by atoms with Crippen LogP contribution >= 0.6 is 0 Å². The van der Waals surface area contributed by atoms with Crippen molar-refractivity contribution < 1.29 is 4.79 Å². The summed E-state index contributed by atoms with van der Waals surface area (Å²) in [5.41, 5.74) is 3.83. The van der Waals surface area contributed by atoms with Crippen LogP contribution in [0.15, 0.2) is 67.0 Å². The highest BCUT2D eigenvalue weighted by Crippen LogP contribution is 2.24. The molecule has 1 N–H and O–H groups in total. The molecule has 5 nitrogen and oxygen atoms in total. The minimum Gasteiger partial charge on any atom is -0.337 e. The van der Waals surface area contributed by atoms with E-state index in [2.05, 4.69) is 48.2 Å². The first-order chi connectivity index (χ1) is 13.3. The summed E-state index contributed by atoms with van der Waals surface area (Å²) in [6.07, 6.45) is 3.12. The van der Waals surface area contributed by atoms with Crippen LogP contribution in [0.1, 0.15) is 42.3 Å². The van der Waals surface area contributed by atoms with E-state index >= 15 is 0 Å². The summed E-state index contributed by atoms with van der Waals surface area (Å²) in [5, 5.41) is 3.17. The Morgan fingerprint density at radius 3 is 2.14 bits per heavy atom. The third kappa shape index (κ3) is 4.94. The van der Waals surface area contributed by atoms with Gasteiger partial charge in [-0.1, -0.05) is 63.2 Å². The molecule has 1 amide bonds. The molecular weight excluding hydrogens is 348 g/mol. The van der Waals surface area contributed by atoms with E-state index in [9.17, 15) is 4.79 Å². The van der Waals surface area contributed by atoms with E-state index in [0.717, 1.165) is 11.3 Å². The van der Waals surface area contributed by atoms with Crippen LogP contribution in [0.3, 0.4) is 0 Å². The second-order valence-corrected chi connectivity index (χ2v) is 7.89. The molecule has 3 aromatic rings. The second-order valence-electron chi connectivity index (χ2n) is 7.89. The molecule has 0 unspecified atom stereocenters. The lowest BCUT2D eigenvalue weighted by atomic mass is 9.87. The van der Waals surface area contributed by atoms with Crippen LogP contribution < -0.4 is 5.32 Å². The Kier molecular flexibility index (Phi) is 5.73. The number of carbonyl (C=O) groups excluding carboxylic acids is 1. The molecule has 0 bridgehead atoms. The van der Waals surface area contributed by atoms with Crippen LogP contribution in [0.25, 0.3) is 0 Å². The van der Waals surface area contributed by atoms with E-state index in [4.69, 9.17) is 0 Å². The van der Waals surface area contributed by atoms with Gasteiger partial charge in [-0.25, -0.2) is 9.97 Å². The van der Waals surface area contributed by atoms with Gasteiger partial charge in [0, 0.05) is 31.7 Å². The Hall–Kier alpha value is -3.21. The number of aromatic nitrogens is 2. The summed E-state index contributed by atoms with van der Waals surface area (Å²) >= 11 is 0. The number of benzene rings is 2. The van der Waals surface area contributed by atoms with E-state index in [0.29, 0.717) is 18.1 Å². The van der Waals surface area contributed by atoms with Crippen molar-refractivity contribution in [2.45, 2.75) is 32.7 Å². The molecule has 2 aromatic carbocycles. The lowest BCUT2D eigenvalue weighted by molar-refractivity contribution is 0.0784. The van der Waals surface area contributed by atoms with Crippen LogP contribution in [0, 0.1) is 0 Å². The number of nitrogens with one attached hydrogen (secondary N) is 1. The molecule has 144 valence electrons. The van der Waals surface area contributed by atoms with Gasteiger partial charge < -0.3 is 10.2 Å². The molecule has 0 aliphatic rings. The van der Waals surface area contributed by atoms with Gasteiger partial charge in [-0.2, -0.15) is 0 Å². The lowest BCUT2D eigenvalue weighted by Crippen LogP contribution is -2.26. The Morgan fingerprint density at radius 2 is 1.57 bits per heavy atom. The van der Waals surface area contributed by atoms with Crippen LogP contribution in [0.2, 0.25) is 0 Å². The van der Waals surface area contributed by atoms with Gasteiger partial charge in [-0.15, -0.1) is 0 Å². The summed E-state index contributed by atoms with van der Waals surface area (Å²) < 4.78 is 0. The molecular formula is C23H26N4O. The van der Waals surface area contributed by atoms with Gasteiger partial charge in [0.05, 0.1) is 5.56 Å². The summed E-state index contributed by atoms with van der Waals surface area (Å²) in [6.45, 7) is 7.09. The summed E-state index contributed by atoms with van der Waals surface area (Å²) in [5.74, 6) is 0.357. The van der Waals surface area contributed by atoms with Crippen LogP contribution in [0.4, 0.5) is 11.6 Å². The lowest BCUT2D eigenvalue weighted by Gasteiger charge is -2.19. The van der Waals surface area contributed by atoms with Gasteiger partial charge in [-0.05, 0) is 28.7 Å². The molecule has 28 heavy (non-hydrogen) atoms. The smallest absolute Gasteiger partial charge is 0.257 e. The molecule has 1 heterocycles. The van der Waals surface area contributed by atoms with Crippen molar-refractivity contribution in [2.24, 2.45) is 0 Å². The van der Waals surface area contributed by atoms with Crippen LogP contribution in [-0.4, -0.2) is 27.8 Å². The predicted octanol–water partition coefficient (Wildman–Crippen LogP) is 4.79. The fourth-order valence-corrected chi connectivity index (χ4v) is 2.84. The quantitative estimate of drug-likeness (QED) is 0.697. The van der Waals surface area contributed by atoms with E-state index in [1.54, 1.807) is 24.3 Å². The standard InChI is InChI=1S/C23H26N4O/c1-23(2,3)19-10-12-20(13-11-19)26-22-24-14-18(15-25-22)21(28)27(4)16-17-8-6-5-7-9-17/h5-15H,16H2,1-4H3,(H,24,25,26). The van der Waals surface area contributed by atoms with Crippen molar-refractivity contribution in [3.63, 3.8) is 0 Å². The molecule has 0 atom stereocenters. The molecule has 0 saturated heterocycles. The van der Waals surface area contributed by atoms with Gasteiger partial charge in [0.2, 0.25) is 5.95 Å². The van der Waals surface area contributed by atoms with Gasteiger partial charge in [0.1, 0.15) is 0 Å². The van der Waals surface area contributed by atoms with Gasteiger partial charge in [-0.3, -0.25) is 4.79 Å². The zero-order chi connectivity index (χ0) is 20.1. The Morgan fingerprint density at radius 1 is 0.964 bits per heavy atom.